The van der Waals surface area contributed by atoms with Crippen LogP contribution in [0.5, 0.6) is 0 Å². The van der Waals surface area contributed by atoms with E-state index in [-0.39, 0.29) is 29.8 Å². The average Bonchev–Trinajstić information content (AvgIpc) is 3.30. The highest BCUT2D eigenvalue weighted by Gasteiger charge is 2.44. The van der Waals surface area contributed by atoms with Crippen LogP contribution in [0.1, 0.15) is 24.8 Å². The highest BCUT2D eigenvalue weighted by molar-refractivity contribution is 5.89. The number of rotatable bonds is 4. The molecule has 144 valence electrons. The Morgan fingerprint density at radius 1 is 1.00 bits per heavy atom. The minimum atomic E-state index is -0.212. The lowest BCUT2D eigenvalue weighted by Gasteiger charge is -2.43. The third-order valence-electron chi connectivity index (χ3n) is 5.80. The first-order chi connectivity index (χ1) is 13.1. The Morgan fingerprint density at radius 2 is 1.70 bits per heavy atom. The van der Waals surface area contributed by atoms with E-state index in [1.165, 1.54) is 0 Å². The third-order valence-corrected chi connectivity index (χ3v) is 5.80. The zero-order chi connectivity index (χ0) is 18.8. The maximum absolute atomic E-state index is 12.5. The average molecular weight is 370 g/mol. The normalized spacial score (nSPS) is 22.9. The van der Waals surface area contributed by atoms with Crippen LogP contribution in [0.4, 0.5) is 4.79 Å². The number of nitrogens with one attached hydrogen (secondary N) is 1. The van der Waals surface area contributed by atoms with E-state index in [0.29, 0.717) is 32.6 Å². The standard InChI is InChI=1S/C20H26N4O3/c25-18-10-16(19(26)22-8-4-5-9-22)12-24(18)17-13-23(14-17)20(27)21-11-15-6-2-1-3-7-15/h1-3,6-7,16-17H,4-5,8-14H2,(H,21,27). The van der Waals surface area contributed by atoms with Crippen molar-refractivity contribution in [3.63, 3.8) is 0 Å². The van der Waals surface area contributed by atoms with Crippen LogP contribution in [0, 0.1) is 5.92 Å². The van der Waals surface area contributed by atoms with Gasteiger partial charge in [-0.1, -0.05) is 30.3 Å². The second-order valence-electron chi connectivity index (χ2n) is 7.68. The summed E-state index contributed by atoms with van der Waals surface area (Å²) in [5, 5.41) is 2.91. The molecular formula is C20H26N4O3. The predicted molar refractivity (Wildman–Crippen MR) is 99.7 cm³/mol. The van der Waals surface area contributed by atoms with Crippen molar-refractivity contribution in [2.45, 2.75) is 31.8 Å². The summed E-state index contributed by atoms with van der Waals surface area (Å²) in [6.45, 7) is 3.72. The van der Waals surface area contributed by atoms with E-state index >= 15 is 0 Å². The zero-order valence-electron chi connectivity index (χ0n) is 15.5. The number of hydrogen-bond donors (Lipinski definition) is 1. The fourth-order valence-corrected chi connectivity index (χ4v) is 4.15. The maximum atomic E-state index is 12.5. The molecule has 1 aromatic rings. The summed E-state index contributed by atoms with van der Waals surface area (Å²) >= 11 is 0. The molecule has 7 heteroatoms. The van der Waals surface area contributed by atoms with Gasteiger partial charge in [-0.05, 0) is 18.4 Å². The van der Waals surface area contributed by atoms with Gasteiger partial charge in [0, 0.05) is 45.7 Å². The van der Waals surface area contributed by atoms with Gasteiger partial charge in [0.25, 0.3) is 0 Å². The second-order valence-corrected chi connectivity index (χ2v) is 7.68. The SMILES string of the molecule is O=C(NCc1ccccc1)N1CC(N2CC(C(=O)N3CCCC3)CC2=O)C1. The number of nitrogens with zero attached hydrogens (tertiary/aromatic N) is 3. The minimum Gasteiger partial charge on any atom is -0.342 e. The van der Waals surface area contributed by atoms with Crippen molar-refractivity contribution in [3.05, 3.63) is 35.9 Å². The fourth-order valence-electron chi connectivity index (χ4n) is 4.15. The molecule has 7 nitrogen and oxygen atoms in total. The van der Waals surface area contributed by atoms with Gasteiger partial charge in [0.05, 0.1) is 12.0 Å². The lowest BCUT2D eigenvalue weighted by molar-refractivity contribution is -0.135. The number of likely N-dealkylation sites (tertiary alicyclic amines) is 3. The highest BCUT2D eigenvalue weighted by Crippen LogP contribution is 2.27. The Balaban J connectivity index is 1.23. The van der Waals surface area contributed by atoms with Crippen molar-refractivity contribution < 1.29 is 14.4 Å². The molecule has 3 aliphatic heterocycles. The zero-order valence-corrected chi connectivity index (χ0v) is 15.5. The van der Waals surface area contributed by atoms with E-state index in [9.17, 15) is 14.4 Å². The molecule has 1 unspecified atom stereocenters. The molecular weight excluding hydrogens is 344 g/mol. The molecule has 1 N–H and O–H groups in total. The Hall–Kier alpha value is -2.57. The number of carbonyl (C=O) groups is 3. The highest BCUT2D eigenvalue weighted by atomic mass is 16.2. The molecule has 3 fully saturated rings. The number of carbonyl (C=O) groups excluding carboxylic acids is 3. The Kier molecular flexibility index (Phi) is 5.01. The Labute approximate surface area is 159 Å². The van der Waals surface area contributed by atoms with Crippen LogP contribution < -0.4 is 5.32 Å². The van der Waals surface area contributed by atoms with Gasteiger partial charge in [0.15, 0.2) is 0 Å². The van der Waals surface area contributed by atoms with Crippen LogP contribution in [0.15, 0.2) is 30.3 Å². The van der Waals surface area contributed by atoms with Crippen LogP contribution in [-0.4, -0.2) is 71.3 Å². The van der Waals surface area contributed by atoms with Crippen molar-refractivity contribution in [1.82, 2.24) is 20.0 Å². The topological polar surface area (TPSA) is 73.0 Å². The molecule has 0 aliphatic carbocycles. The molecule has 3 heterocycles. The lowest BCUT2D eigenvalue weighted by atomic mass is 10.1. The van der Waals surface area contributed by atoms with Crippen molar-refractivity contribution in [1.29, 1.82) is 0 Å². The molecule has 1 atom stereocenters. The van der Waals surface area contributed by atoms with Gasteiger partial charge in [-0.25, -0.2) is 4.79 Å². The van der Waals surface area contributed by atoms with Crippen molar-refractivity contribution in [3.8, 4) is 0 Å². The summed E-state index contributed by atoms with van der Waals surface area (Å²) in [5.41, 5.74) is 1.06. The van der Waals surface area contributed by atoms with Gasteiger partial charge in [0.2, 0.25) is 11.8 Å². The summed E-state index contributed by atoms with van der Waals surface area (Å²) < 4.78 is 0. The van der Waals surface area contributed by atoms with Crippen molar-refractivity contribution in [2.75, 3.05) is 32.7 Å². The van der Waals surface area contributed by atoms with E-state index < -0.39 is 0 Å². The molecule has 0 saturated carbocycles. The molecule has 0 aromatic heterocycles. The van der Waals surface area contributed by atoms with Crippen LogP contribution in [-0.2, 0) is 16.1 Å². The molecule has 0 spiro atoms. The molecule has 3 saturated heterocycles. The lowest BCUT2D eigenvalue weighted by Crippen LogP contribution is -2.63. The van der Waals surface area contributed by atoms with E-state index in [1.54, 1.807) is 9.80 Å². The third kappa shape index (κ3) is 3.77. The Bertz CT molecular complexity index is 711. The van der Waals surface area contributed by atoms with Crippen molar-refractivity contribution in [2.24, 2.45) is 5.92 Å². The predicted octanol–water partition coefficient (Wildman–Crippen LogP) is 1.05. The van der Waals surface area contributed by atoms with E-state index in [0.717, 1.165) is 31.5 Å². The first-order valence-electron chi connectivity index (χ1n) is 9.77. The number of amides is 4. The van der Waals surface area contributed by atoms with Crippen LogP contribution >= 0.6 is 0 Å². The molecule has 0 radical (unpaired) electrons. The largest absolute Gasteiger partial charge is 0.342 e. The first-order valence-corrected chi connectivity index (χ1v) is 9.77. The van der Waals surface area contributed by atoms with Gasteiger partial charge in [0.1, 0.15) is 0 Å². The first kappa shape index (κ1) is 17.8. The van der Waals surface area contributed by atoms with Crippen LogP contribution in [0.3, 0.4) is 0 Å². The molecule has 27 heavy (non-hydrogen) atoms. The quantitative estimate of drug-likeness (QED) is 0.861. The van der Waals surface area contributed by atoms with Gasteiger partial charge >= 0.3 is 6.03 Å². The maximum Gasteiger partial charge on any atom is 0.317 e. The van der Waals surface area contributed by atoms with Gasteiger partial charge in [-0.2, -0.15) is 0 Å². The van der Waals surface area contributed by atoms with Crippen LogP contribution in [0.25, 0.3) is 0 Å². The summed E-state index contributed by atoms with van der Waals surface area (Å²) in [4.78, 5) is 42.6. The van der Waals surface area contributed by atoms with E-state index in [2.05, 4.69) is 5.32 Å². The second kappa shape index (κ2) is 7.58. The van der Waals surface area contributed by atoms with Gasteiger partial charge in [-0.15, -0.1) is 0 Å². The molecule has 4 amide bonds. The molecule has 3 aliphatic rings. The van der Waals surface area contributed by atoms with Crippen molar-refractivity contribution >= 4 is 17.8 Å². The summed E-state index contributed by atoms with van der Waals surface area (Å²) in [7, 11) is 0. The monoisotopic (exact) mass is 370 g/mol. The van der Waals surface area contributed by atoms with Crippen LogP contribution in [0.2, 0.25) is 0 Å². The minimum absolute atomic E-state index is 0.0383. The summed E-state index contributed by atoms with van der Waals surface area (Å²) in [5.74, 6) is -0.0430. The number of urea groups is 1. The number of benzene rings is 1. The number of hydrogen-bond acceptors (Lipinski definition) is 3. The fraction of sp³-hybridized carbons (Fsp3) is 0.550. The molecule has 0 bridgehead atoms. The van der Waals surface area contributed by atoms with E-state index in [1.807, 2.05) is 35.2 Å². The molecule has 1 aromatic carbocycles. The van der Waals surface area contributed by atoms with Gasteiger partial charge < -0.3 is 20.0 Å². The molecule has 4 rings (SSSR count). The smallest absolute Gasteiger partial charge is 0.317 e. The van der Waals surface area contributed by atoms with E-state index in [4.69, 9.17) is 0 Å². The van der Waals surface area contributed by atoms with Gasteiger partial charge in [-0.3, -0.25) is 9.59 Å². The summed E-state index contributed by atoms with van der Waals surface area (Å²) in [6.07, 6.45) is 2.43. The summed E-state index contributed by atoms with van der Waals surface area (Å²) in [6, 6.07) is 9.71. The Morgan fingerprint density at radius 3 is 2.41 bits per heavy atom.